The summed E-state index contributed by atoms with van der Waals surface area (Å²) in [5.74, 6) is -0.180. The van der Waals surface area contributed by atoms with E-state index in [1.54, 1.807) is 6.92 Å². The molecule has 0 aliphatic rings. The Labute approximate surface area is 103 Å². The molecule has 1 atom stereocenters. The molecular weight excluding hydrogens is 220 g/mol. The smallest absolute Gasteiger partial charge is 0.305 e. The zero-order valence-corrected chi connectivity index (χ0v) is 11.0. The van der Waals surface area contributed by atoms with Crippen LogP contribution in [-0.2, 0) is 14.3 Å². The Morgan fingerprint density at radius 3 is 2.53 bits per heavy atom. The number of esters is 1. The van der Waals surface area contributed by atoms with E-state index in [-0.39, 0.29) is 17.9 Å². The molecule has 100 valence electrons. The van der Waals surface area contributed by atoms with Gasteiger partial charge in [-0.1, -0.05) is 6.92 Å². The van der Waals surface area contributed by atoms with Crippen LogP contribution in [0.5, 0.6) is 0 Å². The van der Waals surface area contributed by atoms with Gasteiger partial charge in [-0.05, 0) is 33.2 Å². The van der Waals surface area contributed by atoms with Crippen molar-refractivity contribution < 1.29 is 14.3 Å². The first kappa shape index (κ1) is 15.9. The van der Waals surface area contributed by atoms with Gasteiger partial charge in [0.1, 0.15) is 0 Å². The summed E-state index contributed by atoms with van der Waals surface area (Å²) >= 11 is 0. The van der Waals surface area contributed by atoms with Crippen LogP contribution in [0.4, 0.5) is 0 Å². The average molecular weight is 244 g/mol. The fourth-order valence-electron chi connectivity index (χ4n) is 1.28. The average Bonchev–Trinajstić information content (AvgIpc) is 2.31. The second-order valence-electron chi connectivity index (χ2n) is 3.88. The molecule has 17 heavy (non-hydrogen) atoms. The summed E-state index contributed by atoms with van der Waals surface area (Å²) in [7, 11) is 0. The van der Waals surface area contributed by atoms with Gasteiger partial charge in [-0.2, -0.15) is 0 Å². The highest BCUT2D eigenvalue weighted by molar-refractivity contribution is 5.81. The van der Waals surface area contributed by atoms with Gasteiger partial charge in [-0.3, -0.25) is 9.59 Å². The maximum atomic E-state index is 11.5. The minimum atomic E-state index is -0.219. The molecule has 0 bridgehead atoms. The molecule has 0 aliphatic heterocycles. The third-order valence-corrected chi connectivity index (χ3v) is 2.26. The lowest BCUT2D eigenvalue weighted by atomic mass is 10.2. The number of nitrogens with one attached hydrogen (secondary N) is 2. The van der Waals surface area contributed by atoms with Gasteiger partial charge in [-0.25, -0.2) is 0 Å². The zero-order chi connectivity index (χ0) is 13.1. The number of hydrogen-bond acceptors (Lipinski definition) is 4. The van der Waals surface area contributed by atoms with Gasteiger partial charge >= 0.3 is 5.97 Å². The maximum Gasteiger partial charge on any atom is 0.305 e. The van der Waals surface area contributed by atoms with E-state index >= 15 is 0 Å². The van der Waals surface area contributed by atoms with Gasteiger partial charge < -0.3 is 15.4 Å². The lowest BCUT2D eigenvalue weighted by molar-refractivity contribution is -0.143. The quantitative estimate of drug-likeness (QED) is 0.466. The van der Waals surface area contributed by atoms with Crippen molar-refractivity contribution in [3.8, 4) is 0 Å². The molecule has 1 unspecified atom stereocenters. The normalized spacial score (nSPS) is 11.9. The molecule has 0 aromatic heterocycles. The van der Waals surface area contributed by atoms with E-state index in [4.69, 9.17) is 4.74 Å². The second-order valence-corrected chi connectivity index (χ2v) is 3.88. The highest BCUT2D eigenvalue weighted by atomic mass is 16.5. The van der Waals surface area contributed by atoms with E-state index in [1.165, 1.54) is 0 Å². The third kappa shape index (κ3) is 8.68. The summed E-state index contributed by atoms with van der Waals surface area (Å²) in [5.41, 5.74) is 0. The van der Waals surface area contributed by atoms with Crippen molar-refractivity contribution in [2.45, 2.75) is 46.1 Å². The number of hydrogen-bond donors (Lipinski definition) is 2. The van der Waals surface area contributed by atoms with Crippen LogP contribution in [0.3, 0.4) is 0 Å². The summed E-state index contributed by atoms with van der Waals surface area (Å²) in [6.45, 7) is 7.37. The van der Waals surface area contributed by atoms with Gasteiger partial charge in [0, 0.05) is 13.0 Å². The van der Waals surface area contributed by atoms with Crippen molar-refractivity contribution in [2.75, 3.05) is 19.7 Å². The van der Waals surface area contributed by atoms with Crippen LogP contribution in [0.15, 0.2) is 0 Å². The molecule has 0 radical (unpaired) electrons. The molecule has 5 heteroatoms. The number of carbonyl (C=O) groups excluding carboxylic acids is 2. The van der Waals surface area contributed by atoms with Crippen molar-refractivity contribution >= 4 is 11.9 Å². The number of ether oxygens (including phenoxy) is 1. The van der Waals surface area contributed by atoms with E-state index in [2.05, 4.69) is 10.6 Å². The molecular formula is C12H24N2O3. The summed E-state index contributed by atoms with van der Waals surface area (Å²) in [6, 6.07) is -0.219. The van der Waals surface area contributed by atoms with E-state index in [9.17, 15) is 9.59 Å². The van der Waals surface area contributed by atoms with E-state index in [0.717, 1.165) is 6.42 Å². The molecule has 0 heterocycles. The van der Waals surface area contributed by atoms with Gasteiger partial charge in [-0.15, -0.1) is 0 Å². The summed E-state index contributed by atoms with van der Waals surface area (Å²) in [5, 5.41) is 5.88. The molecule has 2 N–H and O–H groups in total. The number of carbonyl (C=O) groups is 2. The molecule has 5 nitrogen and oxygen atoms in total. The largest absolute Gasteiger partial charge is 0.466 e. The van der Waals surface area contributed by atoms with Crippen LogP contribution in [0.25, 0.3) is 0 Å². The molecule has 0 spiro atoms. The summed E-state index contributed by atoms with van der Waals surface area (Å²) in [6.07, 6.45) is 2.01. The van der Waals surface area contributed by atoms with Crippen molar-refractivity contribution in [1.82, 2.24) is 10.6 Å². The second kappa shape index (κ2) is 10.1. The first-order valence-electron chi connectivity index (χ1n) is 6.28. The van der Waals surface area contributed by atoms with Gasteiger partial charge in [0.05, 0.1) is 12.6 Å². The number of amides is 1. The third-order valence-electron chi connectivity index (χ3n) is 2.26. The predicted molar refractivity (Wildman–Crippen MR) is 66.6 cm³/mol. The molecule has 0 fully saturated rings. The Bertz CT molecular complexity index is 232. The highest BCUT2D eigenvalue weighted by Gasteiger charge is 2.10. The zero-order valence-electron chi connectivity index (χ0n) is 11.0. The lowest BCUT2D eigenvalue weighted by Crippen LogP contribution is -2.42. The molecule has 0 rings (SSSR count). The Balaban J connectivity index is 3.53. The monoisotopic (exact) mass is 244 g/mol. The number of rotatable bonds is 9. The van der Waals surface area contributed by atoms with Crippen LogP contribution in [0.1, 0.15) is 40.0 Å². The van der Waals surface area contributed by atoms with Crippen LogP contribution >= 0.6 is 0 Å². The van der Waals surface area contributed by atoms with Crippen LogP contribution in [-0.4, -0.2) is 37.6 Å². The van der Waals surface area contributed by atoms with Crippen LogP contribution in [0.2, 0.25) is 0 Å². The summed E-state index contributed by atoms with van der Waals surface area (Å²) < 4.78 is 4.80. The topological polar surface area (TPSA) is 67.4 Å². The Morgan fingerprint density at radius 1 is 1.24 bits per heavy atom. The van der Waals surface area contributed by atoms with Crippen LogP contribution < -0.4 is 10.6 Å². The van der Waals surface area contributed by atoms with Crippen LogP contribution in [0, 0.1) is 0 Å². The standard InChI is InChI=1S/C12H24N2O3/c1-4-8-14-12(16)10(3)13-9-6-7-11(15)17-5-2/h10,13H,4-9H2,1-3H3,(H,14,16). The Kier molecular flexibility index (Phi) is 9.43. The van der Waals surface area contributed by atoms with E-state index in [1.807, 2.05) is 13.8 Å². The van der Waals surface area contributed by atoms with Crippen molar-refractivity contribution in [3.63, 3.8) is 0 Å². The first-order valence-corrected chi connectivity index (χ1v) is 6.28. The minimum Gasteiger partial charge on any atom is -0.466 e. The van der Waals surface area contributed by atoms with Crippen molar-refractivity contribution in [2.24, 2.45) is 0 Å². The lowest BCUT2D eigenvalue weighted by Gasteiger charge is -2.13. The van der Waals surface area contributed by atoms with Gasteiger partial charge in [0.2, 0.25) is 5.91 Å². The maximum absolute atomic E-state index is 11.5. The molecule has 0 aliphatic carbocycles. The molecule has 1 amide bonds. The van der Waals surface area contributed by atoms with Gasteiger partial charge in [0.15, 0.2) is 0 Å². The first-order chi connectivity index (χ1) is 8.11. The molecule has 0 saturated carbocycles. The van der Waals surface area contributed by atoms with Gasteiger partial charge in [0.25, 0.3) is 0 Å². The Morgan fingerprint density at radius 2 is 1.94 bits per heavy atom. The molecule has 0 saturated heterocycles. The van der Waals surface area contributed by atoms with E-state index in [0.29, 0.717) is 32.5 Å². The highest BCUT2D eigenvalue weighted by Crippen LogP contribution is 1.92. The fraction of sp³-hybridized carbons (Fsp3) is 0.833. The van der Waals surface area contributed by atoms with Crippen molar-refractivity contribution in [3.05, 3.63) is 0 Å². The summed E-state index contributed by atoms with van der Waals surface area (Å²) in [4.78, 5) is 22.5. The predicted octanol–water partition coefficient (Wildman–Crippen LogP) is 0.834. The van der Waals surface area contributed by atoms with E-state index < -0.39 is 0 Å². The Hall–Kier alpha value is -1.10. The van der Waals surface area contributed by atoms with Crippen molar-refractivity contribution in [1.29, 1.82) is 0 Å². The minimum absolute atomic E-state index is 0.00276. The fourth-order valence-corrected chi connectivity index (χ4v) is 1.28. The molecule has 0 aromatic carbocycles. The SMILES string of the molecule is CCCNC(=O)C(C)NCCCC(=O)OCC. The molecule has 0 aromatic rings.